The van der Waals surface area contributed by atoms with E-state index in [4.69, 9.17) is 14.6 Å². The summed E-state index contributed by atoms with van der Waals surface area (Å²) in [5.41, 5.74) is 4.61. The van der Waals surface area contributed by atoms with Gasteiger partial charge in [0, 0.05) is 24.8 Å². The summed E-state index contributed by atoms with van der Waals surface area (Å²) in [5.74, 6) is 2.35. The Hall–Kier alpha value is -2.75. The fourth-order valence-electron chi connectivity index (χ4n) is 3.30. The largest absolute Gasteiger partial charge is 0.497 e. The van der Waals surface area contributed by atoms with Gasteiger partial charge in [0.1, 0.15) is 18.1 Å². The first-order valence-corrected chi connectivity index (χ1v) is 10.4. The van der Waals surface area contributed by atoms with E-state index in [1.165, 1.54) is 11.1 Å². The Labute approximate surface area is 207 Å². The number of halogens is 1. The topological polar surface area (TPSA) is 72.7 Å². The van der Waals surface area contributed by atoms with E-state index in [1.807, 2.05) is 37.3 Å². The summed E-state index contributed by atoms with van der Waals surface area (Å²) in [7, 11) is 3.41. The van der Waals surface area contributed by atoms with Crippen LogP contribution in [0.25, 0.3) is 0 Å². The number of aryl methyl sites for hydroxylation is 1. The highest BCUT2D eigenvalue weighted by atomic mass is 127. The minimum Gasteiger partial charge on any atom is -0.497 e. The maximum atomic E-state index is 5.75. The fraction of sp³-hybridized carbons (Fsp3) is 0.333. The lowest BCUT2D eigenvalue weighted by Gasteiger charge is -2.13. The molecule has 3 rings (SSSR count). The Kier molecular flexibility index (Phi) is 10.3. The van der Waals surface area contributed by atoms with E-state index in [9.17, 15) is 0 Å². The number of aromatic nitrogens is 2. The van der Waals surface area contributed by atoms with Crippen LogP contribution < -0.4 is 20.1 Å². The molecule has 0 amide bonds. The predicted molar refractivity (Wildman–Crippen MR) is 139 cm³/mol. The molecule has 0 saturated carbocycles. The lowest BCUT2D eigenvalue weighted by atomic mass is 10.2. The number of nitrogens with one attached hydrogen (secondary N) is 2. The summed E-state index contributed by atoms with van der Waals surface area (Å²) in [6, 6.07) is 17.9. The minimum absolute atomic E-state index is 0. The van der Waals surface area contributed by atoms with Crippen LogP contribution in [0.15, 0.2) is 59.6 Å². The van der Waals surface area contributed by atoms with Crippen LogP contribution >= 0.6 is 24.0 Å². The van der Waals surface area contributed by atoms with Crippen LogP contribution in [0.2, 0.25) is 0 Å². The van der Waals surface area contributed by atoms with Gasteiger partial charge in [0.05, 0.1) is 25.9 Å². The van der Waals surface area contributed by atoms with Gasteiger partial charge in [0.2, 0.25) is 0 Å². The fourth-order valence-corrected chi connectivity index (χ4v) is 3.30. The quantitative estimate of drug-likeness (QED) is 0.183. The summed E-state index contributed by atoms with van der Waals surface area (Å²) in [5, 5.41) is 11.4. The molecule has 1 aromatic heterocycles. The van der Waals surface area contributed by atoms with Crippen molar-refractivity contribution in [2.75, 3.05) is 27.3 Å². The first kappa shape index (κ1) is 25.5. The van der Waals surface area contributed by atoms with E-state index in [-0.39, 0.29) is 24.0 Å². The summed E-state index contributed by atoms with van der Waals surface area (Å²) in [4.78, 5) is 4.30. The second-order valence-corrected chi connectivity index (χ2v) is 7.17. The third-order valence-electron chi connectivity index (χ3n) is 5.09. The zero-order valence-electron chi connectivity index (χ0n) is 19.1. The summed E-state index contributed by atoms with van der Waals surface area (Å²) in [6.07, 6.45) is 0. The van der Waals surface area contributed by atoms with E-state index in [2.05, 4.69) is 51.5 Å². The Balaban J connectivity index is 0.00000363. The molecule has 0 spiro atoms. The number of hydrogen-bond acceptors (Lipinski definition) is 4. The SMILES string of the molecule is CN=C(NCCOc1ccc(OC)cc1)NCc1c(C)nn(Cc2ccccc2)c1C.I. The number of ether oxygens (including phenoxy) is 2. The number of rotatable bonds is 9. The van der Waals surface area contributed by atoms with Crippen LogP contribution in [-0.4, -0.2) is 43.0 Å². The standard InChI is InChI=1S/C24H31N5O2.HI/c1-18-23(19(2)29(28-18)17-20-8-6-5-7-9-20)16-27-24(25-3)26-14-15-31-22-12-10-21(30-4)11-13-22;/h5-13H,14-17H2,1-4H3,(H2,25,26,27);1H. The highest BCUT2D eigenvalue weighted by Gasteiger charge is 2.12. The summed E-state index contributed by atoms with van der Waals surface area (Å²) in [6.45, 7) is 6.74. The summed E-state index contributed by atoms with van der Waals surface area (Å²) < 4.78 is 13.0. The van der Waals surface area contributed by atoms with Gasteiger partial charge in [0.25, 0.3) is 0 Å². The molecular formula is C24H32IN5O2. The molecule has 2 N–H and O–H groups in total. The average molecular weight is 549 g/mol. The molecule has 7 nitrogen and oxygen atoms in total. The molecule has 1 heterocycles. The third kappa shape index (κ3) is 7.15. The van der Waals surface area contributed by atoms with Crippen LogP contribution in [-0.2, 0) is 13.1 Å². The van der Waals surface area contributed by atoms with E-state index >= 15 is 0 Å². The number of guanidine groups is 1. The first-order valence-electron chi connectivity index (χ1n) is 10.4. The monoisotopic (exact) mass is 549 g/mol. The van der Waals surface area contributed by atoms with E-state index in [0.29, 0.717) is 19.7 Å². The molecule has 0 aliphatic rings. The van der Waals surface area contributed by atoms with Gasteiger partial charge in [-0.25, -0.2) is 0 Å². The third-order valence-corrected chi connectivity index (χ3v) is 5.09. The molecule has 32 heavy (non-hydrogen) atoms. The van der Waals surface area contributed by atoms with Gasteiger partial charge < -0.3 is 20.1 Å². The second kappa shape index (κ2) is 12.9. The Morgan fingerprint density at radius 3 is 2.34 bits per heavy atom. The molecule has 0 aliphatic carbocycles. The maximum Gasteiger partial charge on any atom is 0.191 e. The van der Waals surface area contributed by atoms with Gasteiger partial charge in [-0.1, -0.05) is 30.3 Å². The van der Waals surface area contributed by atoms with Crippen LogP contribution in [0.5, 0.6) is 11.5 Å². The molecule has 0 aliphatic heterocycles. The van der Waals surface area contributed by atoms with Crippen molar-refractivity contribution in [1.82, 2.24) is 20.4 Å². The van der Waals surface area contributed by atoms with Crippen molar-refractivity contribution >= 4 is 29.9 Å². The number of nitrogens with zero attached hydrogens (tertiary/aromatic N) is 3. The second-order valence-electron chi connectivity index (χ2n) is 7.17. The number of hydrogen-bond donors (Lipinski definition) is 2. The molecule has 0 bridgehead atoms. The molecule has 172 valence electrons. The van der Waals surface area contributed by atoms with Crippen molar-refractivity contribution in [3.05, 3.63) is 77.1 Å². The smallest absolute Gasteiger partial charge is 0.191 e. The van der Waals surface area contributed by atoms with Crippen molar-refractivity contribution in [2.45, 2.75) is 26.9 Å². The highest BCUT2D eigenvalue weighted by Crippen LogP contribution is 2.17. The lowest BCUT2D eigenvalue weighted by Crippen LogP contribution is -2.39. The van der Waals surface area contributed by atoms with Crippen LogP contribution in [0.1, 0.15) is 22.5 Å². The molecule has 2 aromatic carbocycles. The van der Waals surface area contributed by atoms with Crippen LogP contribution in [0.3, 0.4) is 0 Å². The highest BCUT2D eigenvalue weighted by molar-refractivity contribution is 14.0. The minimum atomic E-state index is 0. The average Bonchev–Trinajstić information content (AvgIpc) is 3.06. The predicted octanol–water partition coefficient (Wildman–Crippen LogP) is 3.92. The van der Waals surface area contributed by atoms with Gasteiger partial charge >= 0.3 is 0 Å². The van der Waals surface area contributed by atoms with Crippen molar-refractivity contribution in [1.29, 1.82) is 0 Å². The first-order chi connectivity index (χ1) is 15.1. The van der Waals surface area contributed by atoms with E-state index in [1.54, 1.807) is 14.2 Å². The Bertz CT molecular complexity index is 988. The lowest BCUT2D eigenvalue weighted by molar-refractivity contribution is 0.321. The summed E-state index contributed by atoms with van der Waals surface area (Å²) >= 11 is 0. The Morgan fingerprint density at radius 1 is 1.00 bits per heavy atom. The van der Waals surface area contributed by atoms with Crippen molar-refractivity contribution in [2.24, 2.45) is 4.99 Å². The number of methoxy groups -OCH3 is 1. The molecule has 8 heteroatoms. The molecule has 0 fully saturated rings. The van der Waals surface area contributed by atoms with Crippen molar-refractivity contribution < 1.29 is 9.47 Å². The van der Waals surface area contributed by atoms with Crippen LogP contribution in [0.4, 0.5) is 0 Å². The van der Waals surface area contributed by atoms with Gasteiger partial charge in [-0.3, -0.25) is 9.67 Å². The Morgan fingerprint density at radius 2 is 1.69 bits per heavy atom. The van der Waals surface area contributed by atoms with Gasteiger partial charge in [-0.15, -0.1) is 24.0 Å². The van der Waals surface area contributed by atoms with Gasteiger partial charge in [-0.2, -0.15) is 5.10 Å². The van der Waals surface area contributed by atoms with Crippen LogP contribution in [0, 0.1) is 13.8 Å². The molecule has 3 aromatic rings. The molecule has 0 atom stereocenters. The molecule has 0 saturated heterocycles. The molecule has 0 unspecified atom stereocenters. The van der Waals surface area contributed by atoms with Gasteiger partial charge in [-0.05, 0) is 43.7 Å². The van der Waals surface area contributed by atoms with E-state index < -0.39 is 0 Å². The maximum absolute atomic E-state index is 5.75. The molecular weight excluding hydrogens is 517 g/mol. The zero-order chi connectivity index (χ0) is 22.1. The normalized spacial score (nSPS) is 10.9. The zero-order valence-corrected chi connectivity index (χ0v) is 21.4. The van der Waals surface area contributed by atoms with Crippen molar-refractivity contribution in [3.8, 4) is 11.5 Å². The van der Waals surface area contributed by atoms with Gasteiger partial charge in [0.15, 0.2) is 5.96 Å². The van der Waals surface area contributed by atoms with Crippen molar-refractivity contribution in [3.63, 3.8) is 0 Å². The van der Waals surface area contributed by atoms with E-state index in [0.717, 1.165) is 35.4 Å². The molecule has 0 radical (unpaired) electrons. The number of benzene rings is 2. The number of aliphatic imine (C=N–C) groups is 1.